The summed E-state index contributed by atoms with van der Waals surface area (Å²) in [4.78, 5) is 0. The van der Waals surface area contributed by atoms with Crippen molar-refractivity contribution in [2.45, 2.75) is 71.6 Å². The summed E-state index contributed by atoms with van der Waals surface area (Å²) >= 11 is 0. The maximum absolute atomic E-state index is 15.9. The zero-order valence-electron chi connectivity index (χ0n) is 19.7. The van der Waals surface area contributed by atoms with Crippen LogP contribution in [0.5, 0.6) is 11.5 Å². The van der Waals surface area contributed by atoms with Gasteiger partial charge in [-0.1, -0.05) is 70.4 Å². The quantitative estimate of drug-likeness (QED) is 0.168. The van der Waals surface area contributed by atoms with E-state index >= 15 is 8.78 Å². The molecule has 1 fully saturated rings. The molecule has 1 saturated carbocycles. The molecule has 4 rings (SSSR count). The lowest BCUT2D eigenvalue weighted by Crippen LogP contribution is -2.16. The Morgan fingerprint density at radius 2 is 1.42 bits per heavy atom. The highest BCUT2D eigenvalue weighted by molar-refractivity contribution is 5.72. The van der Waals surface area contributed by atoms with Crippen molar-refractivity contribution in [1.82, 2.24) is 0 Å². The number of benzene rings is 3. The topological polar surface area (TPSA) is 9.23 Å². The number of halogens is 5. The Labute approximate surface area is 210 Å². The summed E-state index contributed by atoms with van der Waals surface area (Å²) in [6.07, 6.45) is 7.77. The molecule has 0 N–H and O–H groups in total. The minimum atomic E-state index is -1.64. The molecule has 0 heterocycles. The highest BCUT2D eigenvalue weighted by Gasteiger charge is 2.30. The molecule has 36 heavy (non-hydrogen) atoms. The van der Waals surface area contributed by atoms with Gasteiger partial charge in [-0.2, -0.15) is 0 Å². The molecular weight excluding hydrogens is 471 g/mol. The molecule has 1 nitrogen and oxygen atoms in total. The third-order valence-electron chi connectivity index (χ3n) is 6.94. The molecule has 1 aliphatic carbocycles. The predicted molar refractivity (Wildman–Crippen MR) is 134 cm³/mol. The maximum atomic E-state index is 15.9. The van der Waals surface area contributed by atoms with E-state index in [1.807, 2.05) is 0 Å². The third-order valence-corrected chi connectivity index (χ3v) is 6.94. The van der Waals surface area contributed by atoms with Crippen LogP contribution in [0.3, 0.4) is 0 Å². The van der Waals surface area contributed by atoms with Gasteiger partial charge in [0.25, 0.3) is 0 Å². The SMILES string of the molecule is C.CCCCCC1CCC(c2c(F)cc(-c3ccccc3)c(Oc3cc(F)c(F)c(F)c3)c2F)CC1. The van der Waals surface area contributed by atoms with Crippen LogP contribution in [0.15, 0.2) is 48.5 Å². The number of rotatable bonds is 8. The van der Waals surface area contributed by atoms with Gasteiger partial charge in [-0.3, -0.25) is 0 Å². The van der Waals surface area contributed by atoms with E-state index in [9.17, 15) is 13.2 Å². The van der Waals surface area contributed by atoms with Gasteiger partial charge in [0.05, 0.1) is 0 Å². The second-order valence-electron chi connectivity index (χ2n) is 9.35. The van der Waals surface area contributed by atoms with Gasteiger partial charge in [0, 0.05) is 23.3 Å². The summed E-state index contributed by atoms with van der Waals surface area (Å²) < 4.78 is 77.9. The molecule has 3 aromatic rings. The second kappa shape index (κ2) is 12.4. The number of hydrogen-bond acceptors (Lipinski definition) is 1. The lowest BCUT2D eigenvalue weighted by Gasteiger charge is -2.30. The summed E-state index contributed by atoms with van der Waals surface area (Å²) in [7, 11) is 0. The lowest BCUT2D eigenvalue weighted by atomic mass is 9.76. The number of hydrogen-bond donors (Lipinski definition) is 0. The van der Waals surface area contributed by atoms with E-state index in [0.717, 1.165) is 25.7 Å². The number of ether oxygens (including phenoxy) is 1. The van der Waals surface area contributed by atoms with E-state index in [1.54, 1.807) is 30.3 Å². The zero-order chi connectivity index (χ0) is 24.9. The van der Waals surface area contributed by atoms with Crippen LogP contribution in [0, 0.1) is 35.0 Å². The van der Waals surface area contributed by atoms with Crippen molar-refractivity contribution >= 4 is 0 Å². The molecule has 0 aliphatic heterocycles. The van der Waals surface area contributed by atoms with Crippen molar-refractivity contribution in [1.29, 1.82) is 0 Å². The predicted octanol–water partition coefficient (Wildman–Crippen LogP) is 10.3. The van der Waals surface area contributed by atoms with Gasteiger partial charge < -0.3 is 4.74 Å². The molecule has 0 radical (unpaired) electrons. The molecular formula is C30H33F5O. The van der Waals surface area contributed by atoms with Gasteiger partial charge in [0.15, 0.2) is 29.0 Å². The first-order valence-electron chi connectivity index (χ1n) is 12.3. The Kier molecular flexibility index (Phi) is 9.52. The van der Waals surface area contributed by atoms with Crippen LogP contribution in [0.25, 0.3) is 11.1 Å². The smallest absolute Gasteiger partial charge is 0.194 e. The minimum absolute atomic E-state index is 0. The van der Waals surface area contributed by atoms with E-state index in [1.165, 1.54) is 18.9 Å². The van der Waals surface area contributed by atoms with E-state index < -0.39 is 34.8 Å². The monoisotopic (exact) mass is 504 g/mol. The van der Waals surface area contributed by atoms with Gasteiger partial charge in [-0.15, -0.1) is 0 Å². The molecule has 3 aromatic carbocycles. The fourth-order valence-corrected chi connectivity index (χ4v) is 5.05. The average molecular weight is 505 g/mol. The van der Waals surface area contributed by atoms with Crippen LogP contribution in [0.1, 0.15) is 77.2 Å². The van der Waals surface area contributed by atoms with Gasteiger partial charge in [-0.25, -0.2) is 22.0 Å². The fourth-order valence-electron chi connectivity index (χ4n) is 5.05. The average Bonchev–Trinajstić information content (AvgIpc) is 2.85. The molecule has 6 heteroatoms. The summed E-state index contributed by atoms with van der Waals surface area (Å²) in [6.45, 7) is 2.16. The summed E-state index contributed by atoms with van der Waals surface area (Å²) in [5.41, 5.74) is 0.534. The highest BCUT2D eigenvalue weighted by atomic mass is 19.2. The van der Waals surface area contributed by atoms with E-state index in [4.69, 9.17) is 4.74 Å². The molecule has 0 amide bonds. The van der Waals surface area contributed by atoms with Crippen LogP contribution >= 0.6 is 0 Å². The standard InChI is InChI=1S/C29H29F5O.CH4/c1-2-3-5-8-18-11-13-20(14-12-18)26-23(30)17-22(19-9-6-4-7-10-19)29(28(26)34)35-21-15-24(31)27(33)25(32)16-21;/h4,6-7,9-10,15-18,20H,2-3,5,8,11-14H2,1H3;1H4. The van der Waals surface area contributed by atoms with Crippen molar-refractivity contribution in [3.8, 4) is 22.6 Å². The first kappa shape index (κ1) is 27.7. The Bertz CT molecular complexity index is 1130. The second-order valence-corrected chi connectivity index (χ2v) is 9.35. The van der Waals surface area contributed by atoms with E-state index in [2.05, 4.69) is 6.92 Å². The van der Waals surface area contributed by atoms with Crippen molar-refractivity contribution in [3.05, 3.63) is 83.2 Å². The van der Waals surface area contributed by atoms with Crippen LogP contribution in [0.4, 0.5) is 22.0 Å². The zero-order valence-corrected chi connectivity index (χ0v) is 19.7. The van der Waals surface area contributed by atoms with E-state index in [-0.39, 0.29) is 30.2 Å². The molecule has 0 aromatic heterocycles. The molecule has 0 saturated heterocycles. The lowest BCUT2D eigenvalue weighted by molar-refractivity contribution is 0.293. The van der Waals surface area contributed by atoms with E-state index in [0.29, 0.717) is 36.5 Å². The fraction of sp³-hybridized carbons (Fsp3) is 0.400. The Morgan fingerprint density at radius 1 is 0.778 bits per heavy atom. The molecule has 0 atom stereocenters. The largest absolute Gasteiger partial charge is 0.453 e. The minimum Gasteiger partial charge on any atom is -0.453 e. The molecule has 0 unspecified atom stereocenters. The Balaban J connectivity index is 0.00000361. The first-order valence-corrected chi connectivity index (χ1v) is 12.3. The molecule has 1 aliphatic rings. The summed E-state index contributed by atoms with van der Waals surface area (Å²) in [5, 5.41) is 0. The Morgan fingerprint density at radius 3 is 2.03 bits per heavy atom. The summed E-state index contributed by atoms with van der Waals surface area (Å²) in [5.74, 6) is -6.59. The van der Waals surface area contributed by atoms with Crippen molar-refractivity contribution in [2.24, 2.45) is 5.92 Å². The Hall–Kier alpha value is -2.89. The van der Waals surface area contributed by atoms with Crippen LogP contribution < -0.4 is 4.74 Å². The molecule has 0 bridgehead atoms. The normalized spacial score (nSPS) is 17.5. The van der Waals surface area contributed by atoms with Crippen LogP contribution in [-0.2, 0) is 0 Å². The van der Waals surface area contributed by atoms with Gasteiger partial charge in [0.2, 0.25) is 0 Å². The molecule has 0 spiro atoms. The molecule has 194 valence electrons. The third kappa shape index (κ3) is 6.08. The van der Waals surface area contributed by atoms with Crippen LogP contribution in [0.2, 0.25) is 0 Å². The van der Waals surface area contributed by atoms with Crippen LogP contribution in [-0.4, -0.2) is 0 Å². The summed E-state index contributed by atoms with van der Waals surface area (Å²) in [6, 6.07) is 11.0. The van der Waals surface area contributed by atoms with Crippen molar-refractivity contribution < 1.29 is 26.7 Å². The van der Waals surface area contributed by atoms with Gasteiger partial charge >= 0.3 is 0 Å². The van der Waals surface area contributed by atoms with Crippen molar-refractivity contribution in [3.63, 3.8) is 0 Å². The maximum Gasteiger partial charge on any atom is 0.194 e. The van der Waals surface area contributed by atoms with Gasteiger partial charge in [0.1, 0.15) is 11.6 Å². The first-order chi connectivity index (χ1) is 16.9. The number of unbranched alkanes of at least 4 members (excludes halogenated alkanes) is 2. The highest BCUT2D eigenvalue weighted by Crippen LogP contribution is 2.45. The van der Waals surface area contributed by atoms with Gasteiger partial charge in [-0.05, 0) is 49.1 Å². The van der Waals surface area contributed by atoms with Crippen molar-refractivity contribution in [2.75, 3.05) is 0 Å².